The number of aromatic nitrogens is 1. The van der Waals surface area contributed by atoms with Crippen LogP contribution in [0.1, 0.15) is 23.1 Å². The average molecular weight is 483 g/mol. The van der Waals surface area contributed by atoms with Crippen LogP contribution >= 0.6 is 0 Å². The summed E-state index contributed by atoms with van der Waals surface area (Å²) in [4.78, 5) is 13.6. The molecule has 1 saturated heterocycles. The maximum atomic E-state index is 13.2. The van der Waals surface area contributed by atoms with E-state index in [4.69, 9.17) is 5.73 Å². The van der Waals surface area contributed by atoms with Crippen LogP contribution in [0.25, 0.3) is 11.6 Å². The first kappa shape index (κ1) is 24.2. The van der Waals surface area contributed by atoms with Crippen LogP contribution < -0.4 is 5.73 Å². The molecule has 1 aliphatic heterocycles. The number of primary amides is 1. The molecule has 34 heavy (non-hydrogen) atoms. The smallest absolute Gasteiger partial charge is 0.272 e. The number of hydrogen-bond acceptors (Lipinski definition) is 6. The van der Waals surface area contributed by atoms with E-state index in [1.54, 1.807) is 6.08 Å². The van der Waals surface area contributed by atoms with Crippen LogP contribution in [0.5, 0.6) is 0 Å². The number of allylic oxidation sites excluding steroid dienone is 2. The summed E-state index contributed by atoms with van der Waals surface area (Å²) in [5, 5.41) is 11.2. The Kier molecular flexibility index (Phi) is 6.90. The van der Waals surface area contributed by atoms with Gasteiger partial charge in [0.15, 0.2) is 0 Å². The van der Waals surface area contributed by atoms with E-state index in [9.17, 15) is 18.3 Å². The second-order valence-electron chi connectivity index (χ2n) is 8.86. The standard InChI is InChI=1S/C25H30N4O4S/c1-27-13-15-28(16-14-27)18-20-4-7-22(8-5-20)23-3-2-11-25(31,17-23)34(32,33)29-12-10-21(19-29)6-9-24(26)30/h2-12,19,31H,13-18H2,1H3,(H2,26,30)/b9-6+. The van der Waals surface area contributed by atoms with Gasteiger partial charge in [-0.2, -0.15) is 0 Å². The minimum atomic E-state index is -4.17. The molecule has 0 radical (unpaired) electrons. The van der Waals surface area contributed by atoms with Crippen molar-refractivity contribution in [2.75, 3.05) is 33.2 Å². The highest BCUT2D eigenvalue weighted by molar-refractivity contribution is 7.91. The molecule has 0 saturated carbocycles. The molecule has 0 spiro atoms. The predicted molar refractivity (Wildman–Crippen MR) is 133 cm³/mol. The minimum Gasteiger partial charge on any atom is -0.370 e. The fraction of sp³-hybridized carbons (Fsp3) is 0.320. The fourth-order valence-electron chi connectivity index (χ4n) is 4.17. The van der Waals surface area contributed by atoms with E-state index >= 15 is 0 Å². The molecule has 3 N–H and O–H groups in total. The normalized spacial score (nSPS) is 22.2. The lowest BCUT2D eigenvalue weighted by Gasteiger charge is -2.32. The quantitative estimate of drug-likeness (QED) is 0.581. The van der Waals surface area contributed by atoms with Gasteiger partial charge in [0.25, 0.3) is 10.0 Å². The largest absolute Gasteiger partial charge is 0.370 e. The van der Waals surface area contributed by atoms with Crippen LogP contribution in [0, 0.1) is 0 Å². The summed E-state index contributed by atoms with van der Waals surface area (Å²) in [7, 11) is -2.03. The van der Waals surface area contributed by atoms with Gasteiger partial charge < -0.3 is 15.7 Å². The summed E-state index contributed by atoms with van der Waals surface area (Å²) in [6, 6.07) is 9.60. The molecule has 180 valence electrons. The van der Waals surface area contributed by atoms with E-state index < -0.39 is 20.9 Å². The van der Waals surface area contributed by atoms with E-state index in [-0.39, 0.29) is 6.42 Å². The Hall–Kier alpha value is -2.98. The Morgan fingerprint density at radius 1 is 1.15 bits per heavy atom. The Morgan fingerprint density at radius 3 is 2.53 bits per heavy atom. The fourth-order valence-corrected chi connectivity index (χ4v) is 5.61. The van der Waals surface area contributed by atoms with E-state index in [2.05, 4.69) is 29.0 Å². The van der Waals surface area contributed by atoms with Gasteiger partial charge in [-0.3, -0.25) is 9.69 Å². The second kappa shape index (κ2) is 9.71. The van der Waals surface area contributed by atoms with Crippen molar-refractivity contribution in [2.24, 2.45) is 5.73 Å². The zero-order valence-electron chi connectivity index (χ0n) is 19.2. The van der Waals surface area contributed by atoms with Gasteiger partial charge in [-0.15, -0.1) is 0 Å². The second-order valence-corrected chi connectivity index (χ2v) is 10.9. The maximum Gasteiger partial charge on any atom is 0.272 e. The van der Waals surface area contributed by atoms with Crippen molar-refractivity contribution < 1.29 is 18.3 Å². The molecular weight excluding hydrogens is 452 g/mol. The monoisotopic (exact) mass is 482 g/mol. The SMILES string of the molecule is CN1CCN(Cc2ccc(C3=CC=CC(O)(S(=O)(=O)n4ccc(/C=C/C(N)=O)c4)C3)cc2)CC1. The first-order chi connectivity index (χ1) is 16.2. The summed E-state index contributed by atoms with van der Waals surface area (Å²) in [5.74, 6) is -0.631. The number of rotatable bonds is 7. The molecule has 4 rings (SSSR count). The first-order valence-corrected chi connectivity index (χ1v) is 12.6. The van der Waals surface area contributed by atoms with Gasteiger partial charge >= 0.3 is 0 Å². The Bertz CT molecular complexity index is 1240. The topological polar surface area (TPSA) is 109 Å². The Balaban J connectivity index is 1.47. The van der Waals surface area contributed by atoms with E-state index in [0.29, 0.717) is 5.56 Å². The van der Waals surface area contributed by atoms with Crippen molar-refractivity contribution in [1.29, 1.82) is 0 Å². The maximum absolute atomic E-state index is 13.2. The van der Waals surface area contributed by atoms with Crippen molar-refractivity contribution in [3.05, 3.63) is 83.7 Å². The zero-order chi connectivity index (χ0) is 24.3. The first-order valence-electron chi connectivity index (χ1n) is 11.2. The summed E-state index contributed by atoms with van der Waals surface area (Å²) in [6.45, 7) is 5.09. The zero-order valence-corrected chi connectivity index (χ0v) is 20.0. The molecule has 0 bridgehead atoms. The molecule has 2 aromatic rings. The third kappa shape index (κ3) is 5.23. The lowest BCUT2D eigenvalue weighted by Crippen LogP contribution is -2.43. The summed E-state index contributed by atoms with van der Waals surface area (Å²) < 4.78 is 27.5. The molecule has 9 heteroatoms. The van der Waals surface area contributed by atoms with E-state index in [1.165, 1.54) is 36.2 Å². The third-order valence-electron chi connectivity index (χ3n) is 6.28. The predicted octanol–water partition coefficient (Wildman–Crippen LogP) is 1.64. The number of carbonyl (C=O) groups excluding carboxylic acids is 1. The molecule has 1 aliphatic carbocycles. The van der Waals surface area contributed by atoms with Crippen molar-refractivity contribution in [2.45, 2.75) is 17.9 Å². The number of amides is 1. The Labute approximate surface area is 200 Å². The summed E-state index contributed by atoms with van der Waals surface area (Å²) in [6.07, 6.45) is 9.88. The van der Waals surface area contributed by atoms with Gasteiger partial charge in [-0.25, -0.2) is 12.4 Å². The van der Waals surface area contributed by atoms with Crippen LogP contribution in [-0.2, 0) is 21.4 Å². The highest BCUT2D eigenvalue weighted by atomic mass is 32.2. The van der Waals surface area contributed by atoms with Crippen LogP contribution in [0.4, 0.5) is 0 Å². The lowest BCUT2D eigenvalue weighted by atomic mass is 9.94. The molecule has 8 nitrogen and oxygen atoms in total. The van der Waals surface area contributed by atoms with Crippen molar-refractivity contribution in [3.8, 4) is 0 Å². The van der Waals surface area contributed by atoms with Crippen molar-refractivity contribution >= 4 is 27.6 Å². The number of nitrogens with two attached hydrogens (primary N) is 1. The minimum absolute atomic E-state index is 0.0751. The molecule has 1 unspecified atom stereocenters. The number of hydrogen-bond donors (Lipinski definition) is 2. The molecule has 1 amide bonds. The third-order valence-corrected chi connectivity index (χ3v) is 8.24. The number of carbonyl (C=O) groups is 1. The van der Waals surface area contributed by atoms with Crippen molar-refractivity contribution in [3.63, 3.8) is 0 Å². The van der Waals surface area contributed by atoms with Gasteiger partial charge in [0, 0.05) is 57.6 Å². The number of piperazine rings is 1. The molecule has 1 aromatic heterocycles. The number of aliphatic hydroxyl groups is 1. The van der Waals surface area contributed by atoms with Crippen LogP contribution in [0.15, 0.2) is 67.0 Å². The molecular formula is C25H30N4O4S. The molecule has 1 aromatic carbocycles. The average Bonchev–Trinajstić information content (AvgIpc) is 3.30. The van der Waals surface area contributed by atoms with Crippen LogP contribution in [0.2, 0.25) is 0 Å². The van der Waals surface area contributed by atoms with E-state index in [0.717, 1.165) is 53.9 Å². The van der Waals surface area contributed by atoms with Crippen molar-refractivity contribution in [1.82, 2.24) is 13.8 Å². The summed E-state index contributed by atoms with van der Waals surface area (Å²) >= 11 is 0. The van der Waals surface area contributed by atoms with Gasteiger partial charge in [0.05, 0.1) is 0 Å². The van der Waals surface area contributed by atoms with E-state index in [1.807, 2.05) is 18.2 Å². The number of benzene rings is 1. The van der Waals surface area contributed by atoms with Gasteiger partial charge in [0.2, 0.25) is 10.8 Å². The summed E-state index contributed by atoms with van der Waals surface area (Å²) in [5.41, 5.74) is 8.39. The van der Waals surface area contributed by atoms with Gasteiger partial charge in [-0.1, -0.05) is 36.4 Å². The molecule has 2 heterocycles. The highest BCUT2D eigenvalue weighted by Crippen LogP contribution is 2.35. The number of likely N-dealkylation sites (N-methyl/N-ethyl adjacent to an activating group) is 1. The van der Waals surface area contributed by atoms with Gasteiger partial charge in [-0.05, 0) is 47.5 Å². The molecule has 1 atom stereocenters. The molecule has 1 fully saturated rings. The van der Waals surface area contributed by atoms with Gasteiger partial charge in [0.1, 0.15) is 0 Å². The number of nitrogens with zero attached hydrogens (tertiary/aromatic N) is 3. The molecule has 2 aliphatic rings. The Morgan fingerprint density at radius 2 is 1.85 bits per heavy atom. The van der Waals surface area contributed by atoms with Crippen LogP contribution in [-0.4, -0.2) is 71.4 Å². The lowest BCUT2D eigenvalue weighted by molar-refractivity contribution is -0.113. The van der Waals surface area contributed by atoms with Crippen LogP contribution in [0.3, 0.4) is 0 Å². The highest BCUT2D eigenvalue weighted by Gasteiger charge is 2.42.